The predicted octanol–water partition coefficient (Wildman–Crippen LogP) is 2.54. The minimum Gasteiger partial charge on any atom is -0.314 e. The summed E-state index contributed by atoms with van der Waals surface area (Å²) in [5.74, 6) is 1.77. The second-order valence-corrected chi connectivity index (χ2v) is 6.12. The quantitative estimate of drug-likeness (QED) is 0.767. The summed E-state index contributed by atoms with van der Waals surface area (Å²) in [6.07, 6.45) is 6.84. The number of rotatable bonds is 4. The van der Waals surface area contributed by atoms with Crippen molar-refractivity contribution < 1.29 is 0 Å². The topological polar surface area (TPSA) is 24.1 Å². The molecule has 0 radical (unpaired) electrons. The molecule has 2 aliphatic rings. The van der Waals surface area contributed by atoms with Gasteiger partial charge in [-0.2, -0.15) is 0 Å². The number of hydrogen-bond donors (Lipinski definition) is 2. The lowest BCUT2D eigenvalue weighted by Crippen LogP contribution is -2.41. The molecule has 16 heavy (non-hydrogen) atoms. The first-order chi connectivity index (χ1) is 7.66. The van der Waals surface area contributed by atoms with Crippen LogP contribution in [0, 0.1) is 11.8 Å². The fourth-order valence-electron chi connectivity index (χ4n) is 3.42. The lowest BCUT2D eigenvalue weighted by Gasteiger charge is -2.26. The molecule has 0 bridgehead atoms. The van der Waals surface area contributed by atoms with Gasteiger partial charge in [-0.05, 0) is 57.4 Å². The van der Waals surface area contributed by atoms with Crippen LogP contribution in [0.2, 0.25) is 0 Å². The first kappa shape index (κ1) is 12.4. The maximum atomic E-state index is 3.85. The average Bonchev–Trinajstić information content (AvgIpc) is 2.83. The van der Waals surface area contributed by atoms with Gasteiger partial charge in [-0.3, -0.25) is 0 Å². The Morgan fingerprint density at radius 3 is 2.62 bits per heavy atom. The van der Waals surface area contributed by atoms with Gasteiger partial charge in [0.1, 0.15) is 0 Å². The molecule has 1 heterocycles. The van der Waals surface area contributed by atoms with Crippen molar-refractivity contribution in [3.05, 3.63) is 0 Å². The SMILES string of the molecule is CC(CC1CCCN1)NC1CCC(C)C1C. The molecule has 2 rings (SSSR count). The van der Waals surface area contributed by atoms with Gasteiger partial charge in [0.2, 0.25) is 0 Å². The molecule has 0 aromatic rings. The Labute approximate surface area is 101 Å². The zero-order valence-corrected chi connectivity index (χ0v) is 11.1. The highest BCUT2D eigenvalue weighted by molar-refractivity contribution is 4.88. The molecule has 1 saturated carbocycles. The molecule has 1 saturated heterocycles. The summed E-state index contributed by atoms with van der Waals surface area (Å²) in [5, 5.41) is 7.44. The monoisotopic (exact) mass is 224 g/mol. The van der Waals surface area contributed by atoms with Crippen LogP contribution < -0.4 is 10.6 Å². The van der Waals surface area contributed by atoms with E-state index < -0.39 is 0 Å². The van der Waals surface area contributed by atoms with E-state index in [2.05, 4.69) is 31.4 Å². The van der Waals surface area contributed by atoms with Crippen LogP contribution in [-0.4, -0.2) is 24.7 Å². The van der Waals surface area contributed by atoms with Gasteiger partial charge in [0, 0.05) is 18.1 Å². The van der Waals surface area contributed by atoms with Gasteiger partial charge >= 0.3 is 0 Å². The molecule has 0 aromatic carbocycles. The van der Waals surface area contributed by atoms with Crippen LogP contribution in [0.15, 0.2) is 0 Å². The molecule has 0 amide bonds. The van der Waals surface area contributed by atoms with Crippen LogP contribution >= 0.6 is 0 Å². The van der Waals surface area contributed by atoms with Gasteiger partial charge in [0.25, 0.3) is 0 Å². The van der Waals surface area contributed by atoms with E-state index in [-0.39, 0.29) is 0 Å². The molecule has 0 aromatic heterocycles. The smallest absolute Gasteiger partial charge is 0.00978 e. The van der Waals surface area contributed by atoms with E-state index in [0.29, 0.717) is 6.04 Å². The van der Waals surface area contributed by atoms with E-state index in [1.807, 2.05) is 0 Å². The summed E-state index contributed by atoms with van der Waals surface area (Å²) in [4.78, 5) is 0. The van der Waals surface area contributed by atoms with Crippen molar-refractivity contribution in [1.82, 2.24) is 10.6 Å². The van der Waals surface area contributed by atoms with Crippen molar-refractivity contribution in [2.75, 3.05) is 6.54 Å². The predicted molar refractivity (Wildman–Crippen MR) is 69.6 cm³/mol. The summed E-state index contributed by atoms with van der Waals surface area (Å²) >= 11 is 0. The van der Waals surface area contributed by atoms with Gasteiger partial charge in [0.05, 0.1) is 0 Å². The first-order valence-electron chi connectivity index (χ1n) is 7.16. The van der Waals surface area contributed by atoms with Crippen molar-refractivity contribution in [1.29, 1.82) is 0 Å². The minimum absolute atomic E-state index is 0.674. The third-order valence-electron chi connectivity index (χ3n) is 4.76. The second-order valence-electron chi connectivity index (χ2n) is 6.12. The Hall–Kier alpha value is -0.0800. The molecule has 2 fully saturated rings. The lowest BCUT2D eigenvalue weighted by molar-refractivity contribution is 0.325. The minimum atomic E-state index is 0.674. The highest BCUT2D eigenvalue weighted by atomic mass is 15.0. The fourth-order valence-corrected chi connectivity index (χ4v) is 3.42. The maximum Gasteiger partial charge on any atom is 0.00978 e. The zero-order chi connectivity index (χ0) is 11.5. The Morgan fingerprint density at radius 1 is 1.25 bits per heavy atom. The largest absolute Gasteiger partial charge is 0.314 e. The molecule has 5 unspecified atom stereocenters. The third kappa shape index (κ3) is 2.98. The Balaban J connectivity index is 1.72. The van der Waals surface area contributed by atoms with Crippen LogP contribution in [0.3, 0.4) is 0 Å². The molecule has 0 spiro atoms. The van der Waals surface area contributed by atoms with Gasteiger partial charge < -0.3 is 10.6 Å². The van der Waals surface area contributed by atoms with Crippen LogP contribution in [0.1, 0.15) is 52.9 Å². The van der Waals surface area contributed by atoms with Crippen LogP contribution in [0.5, 0.6) is 0 Å². The van der Waals surface area contributed by atoms with Crippen LogP contribution in [0.4, 0.5) is 0 Å². The maximum absolute atomic E-state index is 3.85. The van der Waals surface area contributed by atoms with Gasteiger partial charge in [-0.25, -0.2) is 0 Å². The van der Waals surface area contributed by atoms with Crippen LogP contribution in [-0.2, 0) is 0 Å². The fraction of sp³-hybridized carbons (Fsp3) is 1.00. The third-order valence-corrected chi connectivity index (χ3v) is 4.76. The zero-order valence-electron chi connectivity index (χ0n) is 11.1. The van der Waals surface area contributed by atoms with E-state index in [1.54, 1.807) is 0 Å². The molecular weight excluding hydrogens is 196 g/mol. The Morgan fingerprint density at radius 2 is 2.06 bits per heavy atom. The summed E-state index contributed by atoms with van der Waals surface area (Å²) in [5.41, 5.74) is 0. The normalized spacial score (nSPS) is 41.4. The van der Waals surface area contributed by atoms with Crippen molar-refractivity contribution in [3.63, 3.8) is 0 Å². The van der Waals surface area contributed by atoms with E-state index in [9.17, 15) is 0 Å². The standard InChI is InChI=1S/C14H28N2/c1-10-6-7-14(12(10)3)16-11(2)9-13-5-4-8-15-13/h10-16H,4-9H2,1-3H3. The van der Waals surface area contributed by atoms with E-state index in [4.69, 9.17) is 0 Å². The molecule has 94 valence electrons. The molecule has 1 aliphatic carbocycles. The van der Waals surface area contributed by atoms with Gasteiger partial charge in [0.15, 0.2) is 0 Å². The molecule has 1 aliphatic heterocycles. The van der Waals surface area contributed by atoms with Crippen molar-refractivity contribution in [3.8, 4) is 0 Å². The summed E-state index contributed by atoms with van der Waals surface area (Å²) < 4.78 is 0. The highest BCUT2D eigenvalue weighted by Gasteiger charge is 2.30. The van der Waals surface area contributed by atoms with E-state index >= 15 is 0 Å². The molecular formula is C14H28N2. The highest BCUT2D eigenvalue weighted by Crippen LogP contribution is 2.31. The summed E-state index contributed by atoms with van der Waals surface area (Å²) in [6, 6.07) is 2.22. The second kappa shape index (κ2) is 5.50. The van der Waals surface area contributed by atoms with Crippen LogP contribution in [0.25, 0.3) is 0 Å². The van der Waals surface area contributed by atoms with Gasteiger partial charge in [-0.15, -0.1) is 0 Å². The summed E-state index contributed by atoms with van der Waals surface area (Å²) in [6.45, 7) is 8.40. The molecule has 2 N–H and O–H groups in total. The van der Waals surface area contributed by atoms with Gasteiger partial charge in [-0.1, -0.05) is 13.8 Å². The lowest BCUT2D eigenvalue weighted by atomic mass is 9.96. The molecule has 2 nitrogen and oxygen atoms in total. The van der Waals surface area contributed by atoms with Crippen molar-refractivity contribution in [2.24, 2.45) is 11.8 Å². The molecule has 5 atom stereocenters. The van der Waals surface area contributed by atoms with E-state index in [0.717, 1.165) is 23.9 Å². The van der Waals surface area contributed by atoms with E-state index in [1.165, 1.54) is 38.6 Å². The van der Waals surface area contributed by atoms with Crippen molar-refractivity contribution in [2.45, 2.75) is 71.0 Å². The summed E-state index contributed by atoms with van der Waals surface area (Å²) in [7, 11) is 0. The first-order valence-corrected chi connectivity index (χ1v) is 7.16. The Kier molecular flexibility index (Phi) is 4.26. The Bertz CT molecular complexity index is 211. The molecule has 2 heteroatoms. The average molecular weight is 224 g/mol. The van der Waals surface area contributed by atoms with Crippen molar-refractivity contribution >= 4 is 0 Å². The number of hydrogen-bond acceptors (Lipinski definition) is 2. The number of nitrogens with one attached hydrogen (secondary N) is 2.